The number of carbonyl (C=O) groups excluding carboxylic acids is 2. The average molecular weight is 584 g/mol. The van der Waals surface area contributed by atoms with Crippen molar-refractivity contribution < 1.29 is 28.5 Å². The monoisotopic (exact) mass is 583 g/mol. The number of benzene rings is 4. The number of methoxy groups -OCH3 is 3. The van der Waals surface area contributed by atoms with E-state index < -0.39 is 11.9 Å². The Balaban J connectivity index is 1.36. The quantitative estimate of drug-likeness (QED) is 0.0887. The molecule has 1 amide bonds. The molecule has 1 heterocycles. The van der Waals surface area contributed by atoms with Crippen LogP contribution in [0.25, 0.3) is 22.0 Å². The predicted octanol–water partition coefficient (Wildman–Crippen LogP) is 6.50. The molecule has 0 bridgehead atoms. The molecule has 5 rings (SSSR count). The van der Waals surface area contributed by atoms with E-state index in [1.165, 1.54) is 13.3 Å². The molecule has 0 atom stereocenters. The lowest BCUT2D eigenvalue weighted by atomic mass is 10.0. The third kappa shape index (κ3) is 5.91. The third-order valence-corrected chi connectivity index (χ3v) is 6.80. The Bertz CT molecular complexity index is 1800. The second-order valence-corrected chi connectivity index (χ2v) is 9.40. The van der Waals surface area contributed by atoms with E-state index in [4.69, 9.17) is 30.5 Å². The number of nitrogens with one attached hydrogen (secondary N) is 2. The first-order valence-electron chi connectivity index (χ1n) is 12.7. The van der Waals surface area contributed by atoms with Gasteiger partial charge in [0.05, 0.1) is 33.1 Å². The number of rotatable bonds is 9. The van der Waals surface area contributed by atoms with Gasteiger partial charge in [-0.05, 0) is 72.3 Å². The molecule has 0 fully saturated rings. The van der Waals surface area contributed by atoms with Crippen molar-refractivity contribution in [3.63, 3.8) is 0 Å². The van der Waals surface area contributed by atoms with Gasteiger partial charge in [-0.25, -0.2) is 10.2 Å². The van der Waals surface area contributed by atoms with Gasteiger partial charge < -0.3 is 23.9 Å². The van der Waals surface area contributed by atoms with Crippen LogP contribution in [0.1, 0.15) is 26.4 Å². The molecule has 0 aliphatic heterocycles. The third-order valence-electron chi connectivity index (χ3n) is 6.47. The number of nitrogens with zero attached hydrogens (tertiary/aromatic N) is 1. The van der Waals surface area contributed by atoms with Crippen molar-refractivity contribution in [1.82, 2.24) is 10.4 Å². The minimum absolute atomic E-state index is 0.234. The van der Waals surface area contributed by atoms with Gasteiger partial charge in [-0.1, -0.05) is 29.8 Å². The number of amides is 1. The van der Waals surface area contributed by atoms with E-state index in [2.05, 4.69) is 15.5 Å². The lowest BCUT2D eigenvalue weighted by molar-refractivity contribution is 0.0729. The number of ether oxygens (including phenoxy) is 4. The fraction of sp³-hybridized carbons (Fsp3) is 0.0938. The van der Waals surface area contributed by atoms with Crippen LogP contribution >= 0.6 is 11.6 Å². The Morgan fingerprint density at radius 2 is 1.57 bits per heavy atom. The average Bonchev–Trinajstić information content (AvgIpc) is 3.40. The highest BCUT2D eigenvalue weighted by Crippen LogP contribution is 2.38. The predicted molar refractivity (Wildman–Crippen MR) is 161 cm³/mol. The topological polar surface area (TPSA) is 111 Å². The molecule has 0 aliphatic carbocycles. The first kappa shape index (κ1) is 28.3. The molecular weight excluding hydrogens is 558 g/mol. The summed E-state index contributed by atoms with van der Waals surface area (Å²) in [5, 5.41) is 5.41. The highest BCUT2D eigenvalue weighted by molar-refractivity contribution is 6.34. The van der Waals surface area contributed by atoms with Crippen LogP contribution < -0.4 is 24.4 Å². The lowest BCUT2D eigenvalue weighted by Crippen LogP contribution is -2.19. The molecule has 10 heteroatoms. The van der Waals surface area contributed by atoms with Gasteiger partial charge in [-0.3, -0.25) is 4.79 Å². The Kier molecular flexibility index (Phi) is 8.40. The van der Waals surface area contributed by atoms with Crippen LogP contribution in [0.2, 0.25) is 5.02 Å². The number of esters is 1. The number of aromatic amines is 1. The van der Waals surface area contributed by atoms with E-state index >= 15 is 0 Å². The maximum absolute atomic E-state index is 13.3. The second kappa shape index (κ2) is 12.5. The number of H-pyrrole nitrogens is 1. The largest absolute Gasteiger partial charge is 0.497 e. The summed E-state index contributed by atoms with van der Waals surface area (Å²) in [6.45, 7) is 0. The molecule has 0 aliphatic rings. The fourth-order valence-corrected chi connectivity index (χ4v) is 4.60. The van der Waals surface area contributed by atoms with Crippen molar-refractivity contribution in [2.75, 3.05) is 21.3 Å². The molecule has 1 aromatic heterocycles. The van der Waals surface area contributed by atoms with Crippen molar-refractivity contribution in [3.05, 3.63) is 107 Å². The van der Waals surface area contributed by atoms with Crippen LogP contribution in [0.5, 0.6) is 23.0 Å². The molecule has 0 unspecified atom stereocenters. The van der Waals surface area contributed by atoms with Crippen molar-refractivity contribution in [2.45, 2.75) is 0 Å². The van der Waals surface area contributed by atoms with Crippen LogP contribution in [-0.4, -0.2) is 44.4 Å². The van der Waals surface area contributed by atoms with E-state index in [1.807, 2.05) is 30.3 Å². The maximum Gasteiger partial charge on any atom is 0.343 e. The van der Waals surface area contributed by atoms with Gasteiger partial charge >= 0.3 is 5.97 Å². The SMILES string of the molecule is COc1ccc(C(=O)Oc2ccc(C=NNC(=O)c3[nH]c4ccc(OC)cc4c3-c3ccccc3Cl)cc2OC)cc1. The van der Waals surface area contributed by atoms with Gasteiger partial charge in [0.1, 0.15) is 17.2 Å². The number of hydrazone groups is 1. The van der Waals surface area contributed by atoms with E-state index in [9.17, 15) is 9.59 Å². The number of aromatic nitrogens is 1. The van der Waals surface area contributed by atoms with Crippen LogP contribution in [-0.2, 0) is 0 Å². The molecule has 212 valence electrons. The summed E-state index contributed by atoms with van der Waals surface area (Å²) in [6, 6.07) is 24.2. The number of carbonyl (C=O) groups is 2. The molecule has 4 aromatic carbocycles. The Hall–Kier alpha value is -5.28. The summed E-state index contributed by atoms with van der Waals surface area (Å²) in [5.74, 6) is 0.815. The normalized spacial score (nSPS) is 11.0. The minimum atomic E-state index is -0.546. The number of halogens is 1. The smallest absolute Gasteiger partial charge is 0.343 e. The Morgan fingerprint density at radius 3 is 2.29 bits per heavy atom. The van der Waals surface area contributed by atoms with Gasteiger partial charge in [-0.15, -0.1) is 0 Å². The van der Waals surface area contributed by atoms with Crippen molar-refractivity contribution in [3.8, 4) is 34.1 Å². The molecule has 5 aromatic rings. The summed E-state index contributed by atoms with van der Waals surface area (Å²) in [7, 11) is 4.59. The summed E-state index contributed by atoms with van der Waals surface area (Å²) < 4.78 is 21.4. The van der Waals surface area contributed by atoms with Gasteiger partial charge in [0.15, 0.2) is 11.5 Å². The van der Waals surface area contributed by atoms with Gasteiger partial charge in [0.25, 0.3) is 5.91 Å². The fourth-order valence-electron chi connectivity index (χ4n) is 4.37. The van der Waals surface area contributed by atoms with Crippen LogP contribution in [0.3, 0.4) is 0 Å². The molecule has 0 saturated carbocycles. The molecule has 9 nitrogen and oxygen atoms in total. The van der Waals surface area contributed by atoms with Crippen molar-refractivity contribution >= 4 is 40.6 Å². The number of fused-ring (bicyclic) bond motifs is 1. The van der Waals surface area contributed by atoms with E-state index in [0.717, 1.165) is 10.9 Å². The first-order valence-corrected chi connectivity index (χ1v) is 13.1. The second-order valence-electron chi connectivity index (χ2n) is 8.99. The van der Waals surface area contributed by atoms with Crippen LogP contribution in [0.15, 0.2) is 90.0 Å². The standard InChI is InChI=1S/C32H26ClN3O6/c1-39-21-11-9-20(10-12-21)32(38)42-27-15-8-19(16-28(27)41-3)18-34-36-31(37)30-29(23-6-4-5-7-25(23)33)24-17-22(40-2)13-14-26(24)35-30/h4-18,35H,1-3H3,(H,36,37). The minimum Gasteiger partial charge on any atom is -0.497 e. The summed E-state index contributed by atoms with van der Waals surface area (Å²) in [6.07, 6.45) is 1.45. The lowest BCUT2D eigenvalue weighted by Gasteiger charge is -2.10. The number of hydrogen-bond acceptors (Lipinski definition) is 7. The highest BCUT2D eigenvalue weighted by Gasteiger charge is 2.21. The molecule has 0 spiro atoms. The van der Waals surface area contributed by atoms with E-state index in [0.29, 0.717) is 50.2 Å². The molecule has 42 heavy (non-hydrogen) atoms. The van der Waals surface area contributed by atoms with Gasteiger partial charge in [0, 0.05) is 27.1 Å². The van der Waals surface area contributed by atoms with Gasteiger partial charge in [0.2, 0.25) is 0 Å². The van der Waals surface area contributed by atoms with E-state index in [1.54, 1.807) is 68.8 Å². The van der Waals surface area contributed by atoms with E-state index in [-0.39, 0.29) is 5.75 Å². The Morgan fingerprint density at radius 1 is 0.833 bits per heavy atom. The van der Waals surface area contributed by atoms with Crippen LogP contribution in [0, 0.1) is 0 Å². The van der Waals surface area contributed by atoms with Crippen molar-refractivity contribution in [1.29, 1.82) is 0 Å². The number of hydrogen-bond donors (Lipinski definition) is 2. The zero-order valence-corrected chi connectivity index (χ0v) is 23.7. The molecule has 0 saturated heterocycles. The highest BCUT2D eigenvalue weighted by atomic mass is 35.5. The Labute approximate surface area is 246 Å². The zero-order chi connectivity index (χ0) is 29.6. The maximum atomic E-state index is 13.3. The molecule has 0 radical (unpaired) electrons. The summed E-state index contributed by atoms with van der Waals surface area (Å²) >= 11 is 6.52. The first-order chi connectivity index (χ1) is 20.4. The molecular formula is C32H26ClN3O6. The zero-order valence-electron chi connectivity index (χ0n) is 22.9. The van der Waals surface area contributed by atoms with Crippen LogP contribution in [0.4, 0.5) is 0 Å². The molecule has 2 N–H and O–H groups in total. The summed E-state index contributed by atoms with van der Waals surface area (Å²) in [5.41, 5.74) is 5.89. The summed E-state index contributed by atoms with van der Waals surface area (Å²) in [4.78, 5) is 29.1. The van der Waals surface area contributed by atoms with Gasteiger partial charge in [-0.2, -0.15) is 5.10 Å². The van der Waals surface area contributed by atoms with Crippen molar-refractivity contribution in [2.24, 2.45) is 5.10 Å².